The smallest absolute Gasteiger partial charge is 0.153 e. The van der Waals surface area contributed by atoms with Crippen LogP contribution in [-0.4, -0.2) is 21.5 Å². The first kappa shape index (κ1) is 15.1. The Labute approximate surface area is 124 Å². The van der Waals surface area contributed by atoms with Gasteiger partial charge >= 0.3 is 0 Å². The molecule has 7 heteroatoms. The molecule has 1 heterocycles. The maximum atomic E-state index is 13.4. The summed E-state index contributed by atoms with van der Waals surface area (Å²) < 4.78 is 29.0. The minimum Gasteiger partial charge on any atom is -0.305 e. The zero-order chi connectivity index (χ0) is 14.7. The molecule has 1 unspecified atom stereocenters. The molecular weight excluding hydrogens is 330 g/mol. The predicted octanol–water partition coefficient (Wildman–Crippen LogP) is 2.94. The number of rotatable bonds is 5. The summed E-state index contributed by atoms with van der Waals surface area (Å²) in [6, 6.07) is 3.11. The number of halogens is 3. The number of aryl methyl sites for hydroxylation is 1. The Kier molecular flexibility index (Phi) is 4.82. The third-order valence-electron chi connectivity index (χ3n) is 2.92. The van der Waals surface area contributed by atoms with Crippen LogP contribution in [0.25, 0.3) is 0 Å². The largest absolute Gasteiger partial charge is 0.305 e. The van der Waals surface area contributed by atoms with E-state index in [1.54, 1.807) is 11.7 Å². The first-order valence-corrected chi connectivity index (χ1v) is 7.06. The van der Waals surface area contributed by atoms with Crippen LogP contribution < -0.4 is 5.32 Å². The maximum Gasteiger partial charge on any atom is 0.153 e. The Morgan fingerprint density at radius 3 is 2.45 bits per heavy atom. The van der Waals surface area contributed by atoms with Crippen molar-refractivity contribution in [3.05, 3.63) is 45.7 Å². The number of benzene rings is 1. The van der Waals surface area contributed by atoms with Crippen molar-refractivity contribution in [1.82, 2.24) is 20.3 Å². The molecule has 20 heavy (non-hydrogen) atoms. The fraction of sp³-hybridized carbons (Fsp3) is 0.385. The van der Waals surface area contributed by atoms with Crippen molar-refractivity contribution < 1.29 is 8.78 Å². The van der Waals surface area contributed by atoms with Crippen LogP contribution in [0.5, 0.6) is 0 Å². The SMILES string of the molecule is CCCNC(c1cc(F)cc(F)c1)c1c(Br)nnn1C. The fourth-order valence-electron chi connectivity index (χ4n) is 2.05. The molecule has 0 bridgehead atoms. The van der Waals surface area contributed by atoms with Crippen molar-refractivity contribution in [2.24, 2.45) is 7.05 Å². The van der Waals surface area contributed by atoms with E-state index in [9.17, 15) is 8.78 Å². The van der Waals surface area contributed by atoms with E-state index in [-0.39, 0.29) is 6.04 Å². The Balaban J connectivity index is 2.47. The van der Waals surface area contributed by atoms with Crippen molar-refractivity contribution in [1.29, 1.82) is 0 Å². The molecule has 0 saturated heterocycles. The Morgan fingerprint density at radius 1 is 1.30 bits per heavy atom. The van der Waals surface area contributed by atoms with Crippen molar-refractivity contribution >= 4 is 15.9 Å². The first-order chi connectivity index (χ1) is 9.52. The average molecular weight is 345 g/mol. The van der Waals surface area contributed by atoms with Gasteiger partial charge in [-0.15, -0.1) is 5.10 Å². The van der Waals surface area contributed by atoms with E-state index >= 15 is 0 Å². The number of hydrogen-bond acceptors (Lipinski definition) is 3. The van der Waals surface area contributed by atoms with Crippen LogP contribution in [0, 0.1) is 11.6 Å². The lowest BCUT2D eigenvalue weighted by molar-refractivity contribution is 0.533. The molecule has 0 saturated carbocycles. The molecular formula is C13H15BrF2N4. The summed E-state index contributed by atoms with van der Waals surface area (Å²) in [5.41, 5.74) is 1.23. The molecule has 0 aliphatic heterocycles. The summed E-state index contributed by atoms with van der Waals surface area (Å²) in [7, 11) is 1.74. The molecule has 1 aromatic carbocycles. The second kappa shape index (κ2) is 6.41. The van der Waals surface area contributed by atoms with Crippen molar-refractivity contribution in [2.45, 2.75) is 19.4 Å². The van der Waals surface area contributed by atoms with Crippen LogP contribution in [-0.2, 0) is 7.05 Å². The third-order valence-corrected chi connectivity index (χ3v) is 3.48. The molecule has 0 radical (unpaired) electrons. The van der Waals surface area contributed by atoms with Crippen molar-refractivity contribution in [2.75, 3.05) is 6.54 Å². The van der Waals surface area contributed by atoms with Crippen LogP contribution >= 0.6 is 15.9 Å². The van der Waals surface area contributed by atoms with Crippen molar-refractivity contribution in [3.63, 3.8) is 0 Å². The van der Waals surface area contributed by atoms with Gasteiger partial charge in [-0.2, -0.15) is 0 Å². The van der Waals surface area contributed by atoms with Gasteiger partial charge in [0.2, 0.25) is 0 Å². The van der Waals surface area contributed by atoms with Gasteiger partial charge in [-0.05, 0) is 46.6 Å². The number of hydrogen-bond donors (Lipinski definition) is 1. The lowest BCUT2D eigenvalue weighted by atomic mass is 10.0. The van der Waals surface area contributed by atoms with Gasteiger partial charge in [-0.1, -0.05) is 12.1 Å². The van der Waals surface area contributed by atoms with E-state index in [4.69, 9.17) is 0 Å². The highest BCUT2D eigenvalue weighted by Gasteiger charge is 2.22. The quantitative estimate of drug-likeness (QED) is 0.906. The van der Waals surface area contributed by atoms with E-state index in [1.807, 2.05) is 6.92 Å². The van der Waals surface area contributed by atoms with Crippen LogP contribution in [0.15, 0.2) is 22.8 Å². The molecule has 0 amide bonds. The van der Waals surface area contributed by atoms with Gasteiger partial charge in [-0.25, -0.2) is 13.5 Å². The monoisotopic (exact) mass is 344 g/mol. The molecule has 0 spiro atoms. The van der Waals surface area contributed by atoms with Crippen LogP contribution in [0.1, 0.15) is 30.6 Å². The summed E-state index contributed by atoms with van der Waals surface area (Å²) >= 11 is 3.32. The van der Waals surface area contributed by atoms with Crippen molar-refractivity contribution in [3.8, 4) is 0 Å². The van der Waals surface area contributed by atoms with Gasteiger partial charge < -0.3 is 5.32 Å². The van der Waals surface area contributed by atoms with Gasteiger partial charge in [0.25, 0.3) is 0 Å². The second-order valence-corrected chi connectivity index (χ2v) is 5.23. The second-order valence-electron chi connectivity index (χ2n) is 4.48. The number of nitrogens with one attached hydrogen (secondary N) is 1. The summed E-state index contributed by atoms with van der Waals surface area (Å²) in [6.45, 7) is 2.73. The Hall–Kier alpha value is -1.34. The minimum atomic E-state index is -0.602. The lowest BCUT2D eigenvalue weighted by Crippen LogP contribution is -2.26. The topological polar surface area (TPSA) is 42.7 Å². The molecule has 1 atom stereocenters. The minimum absolute atomic E-state index is 0.380. The number of nitrogens with zero attached hydrogens (tertiary/aromatic N) is 3. The van der Waals surface area contributed by atoms with Crippen LogP contribution in [0.2, 0.25) is 0 Å². The summed E-state index contributed by atoms with van der Waals surface area (Å²) in [4.78, 5) is 0. The fourth-order valence-corrected chi connectivity index (χ4v) is 2.60. The van der Waals surface area contributed by atoms with E-state index < -0.39 is 11.6 Å². The molecule has 0 fully saturated rings. The number of aromatic nitrogens is 3. The predicted molar refractivity (Wildman–Crippen MR) is 75.2 cm³/mol. The van der Waals surface area contributed by atoms with Crippen LogP contribution in [0.4, 0.5) is 8.78 Å². The van der Waals surface area contributed by atoms with Crippen LogP contribution in [0.3, 0.4) is 0 Å². The molecule has 0 aliphatic carbocycles. The van der Waals surface area contributed by atoms with E-state index in [0.29, 0.717) is 16.7 Å². The van der Waals surface area contributed by atoms with E-state index in [1.165, 1.54) is 12.1 Å². The highest BCUT2D eigenvalue weighted by atomic mass is 79.9. The van der Waals surface area contributed by atoms with Gasteiger partial charge in [-0.3, -0.25) is 0 Å². The summed E-state index contributed by atoms with van der Waals surface area (Å²) in [6.07, 6.45) is 0.900. The molecule has 2 aromatic rings. The lowest BCUT2D eigenvalue weighted by Gasteiger charge is -2.19. The first-order valence-electron chi connectivity index (χ1n) is 6.27. The van der Waals surface area contributed by atoms with E-state index in [0.717, 1.165) is 18.2 Å². The molecule has 4 nitrogen and oxygen atoms in total. The molecule has 2 rings (SSSR count). The standard InChI is InChI=1S/C13H15BrF2N4/c1-3-4-17-11(12-13(14)18-19-20(12)2)8-5-9(15)7-10(16)6-8/h5-7,11,17H,3-4H2,1-2H3. The van der Waals surface area contributed by atoms with Gasteiger partial charge in [0, 0.05) is 13.1 Å². The van der Waals surface area contributed by atoms with Gasteiger partial charge in [0.15, 0.2) is 4.60 Å². The summed E-state index contributed by atoms with van der Waals surface area (Å²) in [5, 5.41) is 11.1. The zero-order valence-corrected chi connectivity index (χ0v) is 12.8. The molecule has 108 valence electrons. The van der Waals surface area contributed by atoms with Gasteiger partial charge in [0.1, 0.15) is 11.6 Å². The maximum absolute atomic E-state index is 13.4. The van der Waals surface area contributed by atoms with Gasteiger partial charge in [0.05, 0.1) is 11.7 Å². The summed E-state index contributed by atoms with van der Waals surface area (Å²) in [5.74, 6) is -1.20. The van der Waals surface area contributed by atoms with E-state index in [2.05, 4.69) is 31.6 Å². The highest BCUT2D eigenvalue weighted by Crippen LogP contribution is 2.27. The highest BCUT2D eigenvalue weighted by molar-refractivity contribution is 9.10. The normalized spacial score (nSPS) is 12.7. The third kappa shape index (κ3) is 3.21. The Bertz CT molecular complexity index is 560. The average Bonchev–Trinajstić information content (AvgIpc) is 2.70. The zero-order valence-electron chi connectivity index (χ0n) is 11.2. The molecule has 1 aromatic heterocycles. The Morgan fingerprint density at radius 2 is 1.95 bits per heavy atom. The molecule has 0 aliphatic rings. The molecule has 1 N–H and O–H groups in total.